The lowest BCUT2D eigenvalue weighted by Crippen LogP contribution is -2.37. The molecule has 1 aromatic heterocycles. The van der Waals surface area contributed by atoms with Gasteiger partial charge in [0.2, 0.25) is 11.1 Å². The summed E-state index contributed by atoms with van der Waals surface area (Å²) in [6.45, 7) is 0.377. The van der Waals surface area contributed by atoms with Gasteiger partial charge in [0.05, 0.1) is 12.6 Å². The number of ether oxygens (including phenoxy) is 2. The standard InChI is InChI=1S/C20H17N3O3S/c24-16-11-15(17-12-25-19(16)26-17)23-20(27)22(14-9-5-2-6-10-14)18(21-23)13-7-3-1-4-8-13/h1-10,15,17,19H,11-12H2/t15-,17-,19-/m1/s1. The fraction of sp³-hybridized carbons (Fsp3) is 0.250. The zero-order valence-corrected chi connectivity index (χ0v) is 15.2. The van der Waals surface area contributed by atoms with Crippen LogP contribution in [0.5, 0.6) is 0 Å². The second-order valence-electron chi connectivity index (χ2n) is 6.67. The molecular weight excluding hydrogens is 362 g/mol. The van der Waals surface area contributed by atoms with Gasteiger partial charge in [-0.2, -0.15) is 5.10 Å². The zero-order chi connectivity index (χ0) is 18.4. The highest BCUT2D eigenvalue weighted by atomic mass is 32.1. The van der Waals surface area contributed by atoms with Crippen molar-refractivity contribution in [3.05, 3.63) is 65.4 Å². The van der Waals surface area contributed by atoms with Crippen LogP contribution < -0.4 is 0 Å². The van der Waals surface area contributed by atoms with E-state index in [1.165, 1.54) is 0 Å². The van der Waals surface area contributed by atoms with E-state index in [0.717, 1.165) is 17.1 Å². The minimum Gasteiger partial charge on any atom is -0.343 e. The molecule has 2 aliphatic rings. The molecule has 2 saturated heterocycles. The third-order valence-corrected chi connectivity index (χ3v) is 5.34. The number of nitrogens with zero attached hydrogens (tertiary/aromatic N) is 3. The quantitative estimate of drug-likeness (QED) is 0.654. The lowest BCUT2D eigenvalue weighted by Gasteiger charge is -2.26. The Bertz CT molecular complexity index is 1050. The molecule has 136 valence electrons. The topological polar surface area (TPSA) is 58.3 Å². The second kappa shape index (κ2) is 6.53. The highest BCUT2D eigenvalue weighted by molar-refractivity contribution is 7.71. The van der Waals surface area contributed by atoms with Gasteiger partial charge in [0.15, 0.2) is 11.6 Å². The fourth-order valence-electron chi connectivity index (χ4n) is 3.65. The third-order valence-electron chi connectivity index (χ3n) is 4.97. The van der Waals surface area contributed by atoms with Gasteiger partial charge in [-0.05, 0) is 24.4 Å². The lowest BCUT2D eigenvalue weighted by molar-refractivity contribution is -0.156. The Balaban J connectivity index is 1.69. The van der Waals surface area contributed by atoms with Crippen LogP contribution in [-0.4, -0.2) is 39.1 Å². The van der Waals surface area contributed by atoms with E-state index >= 15 is 0 Å². The van der Waals surface area contributed by atoms with E-state index in [9.17, 15) is 4.79 Å². The molecule has 3 atom stereocenters. The molecule has 3 heterocycles. The maximum atomic E-state index is 12.2. The largest absolute Gasteiger partial charge is 0.343 e. The molecule has 3 aromatic rings. The van der Waals surface area contributed by atoms with Gasteiger partial charge >= 0.3 is 0 Å². The first kappa shape index (κ1) is 16.6. The number of hydrogen-bond donors (Lipinski definition) is 0. The van der Waals surface area contributed by atoms with Crippen LogP contribution in [0.15, 0.2) is 60.7 Å². The molecule has 0 N–H and O–H groups in total. The molecular formula is C20H17N3O3S. The summed E-state index contributed by atoms with van der Waals surface area (Å²) in [4.78, 5) is 12.2. The third kappa shape index (κ3) is 2.75. The van der Waals surface area contributed by atoms with Gasteiger partial charge in [-0.3, -0.25) is 9.36 Å². The van der Waals surface area contributed by atoms with Gasteiger partial charge < -0.3 is 9.47 Å². The average Bonchev–Trinajstić information content (AvgIpc) is 3.29. The summed E-state index contributed by atoms with van der Waals surface area (Å²) in [6, 6.07) is 19.5. The number of benzene rings is 2. The van der Waals surface area contributed by atoms with Crippen LogP contribution >= 0.6 is 12.2 Å². The maximum absolute atomic E-state index is 12.2. The van der Waals surface area contributed by atoms with Crippen molar-refractivity contribution in [2.24, 2.45) is 0 Å². The Hall–Kier alpha value is -2.61. The van der Waals surface area contributed by atoms with E-state index in [0.29, 0.717) is 17.8 Å². The molecule has 0 radical (unpaired) electrons. The predicted octanol–water partition coefficient (Wildman–Crippen LogP) is 3.33. The van der Waals surface area contributed by atoms with Crippen molar-refractivity contribution in [3.8, 4) is 17.1 Å². The molecule has 6 nitrogen and oxygen atoms in total. The van der Waals surface area contributed by atoms with Gasteiger partial charge in [-0.1, -0.05) is 48.5 Å². The van der Waals surface area contributed by atoms with Crippen LogP contribution in [0.1, 0.15) is 12.5 Å². The van der Waals surface area contributed by atoms with Crippen molar-refractivity contribution in [2.45, 2.75) is 24.9 Å². The second-order valence-corrected chi connectivity index (χ2v) is 7.03. The summed E-state index contributed by atoms with van der Waals surface area (Å²) < 4.78 is 15.4. The molecule has 0 amide bonds. The molecule has 2 bridgehead atoms. The smallest absolute Gasteiger partial charge is 0.218 e. The van der Waals surface area contributed by atoms with E-state index in [-0.39, 0.29) is 17.9 Å². The first-order chi connectivity index (χ1) is 13.2. The lowest BCUT2D eigenvalue weighted by atomic mass is 10.0. The molecule has 5 rings (SSSR count). The van der Waals surface area contributed by atoms with Crippen LogP contribution in [0.2, 0.25) is 0 Å². The van der Waals surface area contributed by atoms with Gasteiger partial charge in [0, 0.05) is 17.7 Å². The van der Waals surface area contributed by atoms with E-state index < -0.39 is 6.29 Å². The van der Waals surface area contributed by atoms with Crippen LogP contribution in [-0.2, 0) is 14.3 Å². The number of fused-ring (bicyclic) bond motifs is 2. The molecule has 0 spiro atoms. The Morgan fingerprint density at radius 3 is 2.48 bits per heavy atom. The van der Waals surface area contributed by atoms with Crippen molar-refractivity contribution >= 4 is 18.0 Å². The normalized spacial score (nSPS) is 24.3. The van der Waals surface area contributed by atoms with Crippen molar-refractivity contribution in [3.63, 3.8) is 0 Å². The molecule has 0 aliphatic carbocycles. The minimum absolute atomic E-state index is 0.0637. The Kier molecular flexibility index (Phi) is 4.00. The summed E-state index contributed by atoms with van der Waals surface area (Å²) in [7, 11) is 0. The SMILES string of the molecule is O=C1C[C@@H](n2nc(-c3ccccc3)n(-c3ccccc3)c2=S)[C@H]2CO[C@@H]1O2. The summed E-state index contributed by atoms with van der Waals surface area (Å²) in [5, 5.41) is 4.82. The van der Waals surface area contributed by atoms with E-state index in [1.54, 1.807) is 4.68 Å². The number of rotatable bonds is 3. The summed E-state index contributed by atoms with van der Waals surface area (Å²) in [5.41, 5.74) is 1.88. The minimum atomic E-state index is -0.731. The van der Waals surface area contributed by atoms with E-state index in [1.807, 2.05) is 65.2 Å². The van der Waals surface area contributed by atoms with Crippen LogP contribution in [0.4, 0.5) is 0 Å². The summed E-state index contributed by atoms with van der Waals surface area (Å²) >= 11 is 5.78. The highest BCUT2D eigenvalue weighted by Gasteiger charge is 2.45. The zero-order valence-electron chi connectivity index (χ0n) is 14.4. The van der Waals surface area contributed by atoms with Crippen LogP contribution in [0, 0.1) is 4.77 Å². The van der Waals surface area contributed by atoms with Crippen LogP contribution in [0.3, 0.4) is 0 Å². The number of hydrogen-bond acceptors (Lipinski definition) is 5. The maximum Gasteiger partial charge on any atom is 0.218 e. The molecule has 2 aliphatic heterocycles. The number of para-hydroxylation sites is 1. The fourth-order valence-corrected chi connectivity index (χ4v) is 4.02. The Morgan fingerprint density at radius 2 is 1.74 bits per heavy atom. The summed E-state index contributed by atoms with van der Waals surface area (Å²) in [6.07, 6.45) is -0.642. The first-order valence-electron chi connectivity index (χ1n) is 8.84. The first-order valence-corrected chi connectivity index (χ1v) is 9.25. The Morgan fingerprint density at radius 1 is 1.04 bits per heavy atom. The Labute approximate surface area is 161 Å². The highest BCUT2D eigenvalue weighted by Crippen LogP contribution is 2.34. The number of aromatic nitrogens is 3. The van der Waals surface area contributed by atoms with Crippen LogP contribution in [0.25, 0.3) is 17.1 Å². The van der Waals surface area contributed by atoms with Gasteiger partial charge in [0.25, 0.3) is 0 Å². The average molecular weight is 379 g/mol. The van der Waals surface area contributed by atoms with Gasteiger partial charge in [0.1, 0.15) is 6.10 Å². The molecule has 27 heavy (non-hydrogen) atoms. The molecule has 0 unspecified atom stereocenters. The number of ketones is 1. The number of carbonyl (C=O) groups excluding carboxylic acids is 1. The van der Waals surface area contributed by atoms with Gasteiger partial charge in [-0.25, -0.2) is 4.68 Å². The van der Waals surface area contributed by atoms with Crippen molar-refractivity contribution in [2.75, 3.05) is 6.61 Å². The molecule has 0 saturated carbocycles. The monoisotopic (exact) mass is 379 g/mol. The number of carbonyl (C=O) groups is 1. The van der Waals surface area contributed by atoms with Crippen molar-refractivity contribution < 1.29 is 14.3 Å². The molecule has 7 heteroatoms. The van der Waals surface area contributed by atoms with Gasteiger partial charge in [-0.15, -0.1) is 0 Å². The van der Waals surface area contributed by atoms with Crippen molar-refractivity contribution in [1.29, 1.82) is 0 Å². The summed E-state index contributed by atoms with van der Waals surface area (Å²) in [5.74, 6) is 0.673. The molecule has 2 aromatic carbocycles. The van der Waals surface area contributed by atoms with E-state index in [4.69, 9.17) is 26.8 Å². The van der Waals surface area contributed by atoms with Crippen molar-refractivity contribution in [1.82, 2.24) is 14.3 Å². The number of Topliss-reactive ketones (excluding diaryl/α,β-unsaturated/α-hetero) is 1. The predicted molar refractivity (Wildman–Crippen MR) is 101 cm³/mol. The molecule has 2 fully saturated rings. The van der Waals surface area contributed by atoms with E-state index in [2.05, 4.69) is 0 Å².